The maximum Gasteiger partial charge on any atom is 0.309 e. The Labute approximate surface area is 137 Å². The van der Waals surface area contributed by atoms with E-state index in [1.54, 1.807) is 0 Å². The summed E-state index contributed by atoms with van der Waals surface area (Å²) in [6.07, 6.45) is 1.87. The van der Waals surface area contributed by atoms with E-state index >= 15 is 0 Å². The smallest absolute Gasteiger partial charge is 0.309 e. The highest BCUT2D eigenvalue weighted by molar-refractivity contribution is 5.74. The van der Waals surface area contributed by atoms with Gasteiger partial charge in [0.05, 0.1) is 13.0 Å². The molecule has 0 bridgehead atoms. The van der Waals surface area contributed by atoms with Crippen LogP contribution in [0.4, 0.5) is 0 Å². The third kappa shape index (κ3) is 3.62. The zero-order valence-corrected chi connectivity index (χ0v) is 13.4. The summed E-state index contributed by atoms with van der Waals surface area (Å²) in [4.78, 5) is 12.2. The summed E-state index contributed by atoms with van der Waals surface area (Å²) in [5.74, 6) is 0.0194. The van der Waals surface area contributed by atoms with Crippen molar-refractivity contribution < 1.29 is 9.53 Å². The Morgan fingerprint density at radius 3 is 2.35 bits per heavy atom. The third-order valence-electron chi connectivity index (χ3n) is 4.76. The molecule has 3 rings (SSSR count). The summed E-state index contributed by atoms with van der Waals surface area (Å²) < 4.78 is 5.03. The molecule has 1 aliphatic carbocycles. The van der Waals surface area contributed by atoms with Gasteiger partial charge < -0.3 is 10.1 Å². The van der Waals surface area contributed by atoms with E-state index in [1.165, 1.54) is 18.2 Å². The first kappa shape index (κ1) is 15.8. The Kier molecular flexibility index (Phi) is 5.09. The van der Waals surface area contributed by atoms with Crippen LogP contribution in [0.3, 0.4) is 0 Å². The van der Waals surface area contributed by atoms with Crippen LogP contribution in [-0.4, -0.2) is 19.1 Å². The maximum absolute atomic E-state index is 12.2. The Morgan fingerprint density at radius 2 is 1.70 bits per heavy atom. The van der Waals surface area contributed by atoms with Crippen molar-refractivity contribution >= 4 is 5.97 Å². The lowest BCUT2D eigenvalue weighted by Crippen LogP contribution is -2.34. The fourth-order valence-electron chi connectivity index (χ4n) is 3.63. The molecule has 0 spiro atoms. The SMILES string of the molecule is COC(=O)C1CCC(NCc2ccccc2)C1c1ccccc1. The van der Waals surface area contributed by atoms with E-state index in [1.807, 2.05) is 24.3 Å². The van der Waals surface area contributed by atoms with E-state index in [-0.39, 0.29) is 17.8 Å². The molecule has 120 valence electrons. The minimum atomic E-state index is -0.0946. The Hall–Kier alpha value is -2.13. The molecule has 3 nitrogen and oxygen atoms in total. The van der Waals surface area contributed by atoms with Crippen LogP contribution in [0.25, 0.3) is 0 Å². The topological polar surface area (TPSA) is 38.3 Å². The van der Waals surface area contributed by atoms with Gasteiger partial charge in [0.2, 0.25) is 0 Å². The van der Waals surface area contributed by atoms with Crippen molar-refractivity contribution in [1.29, 1.82) is 0 Å². The molecule has 0 aromatic heterocycles. The monoisotopic (exact) mass is 309 g/mol. The second-order valence-electron chi connectivity index (χ2n) is 6.12. The molecule has 1 saturated carbocycles. The quantitative estimate of drug-likeness (QED) is 0.859. The standard InChI is InChI=1S/C20H23NO2/c1-23-20(22)17-12-13-18(19(17)16-10-6-3-7-11-16)21-14-15-8-4-2-5-9-15/h2-11,17-19,21H,12-14H2,1H3. The van der Waals surface area contributed by atoms with Crippen molar-refractivity contribution in [1.82, 2.24) is 5.32 Å². The lowest BCUT2D eigenvalue weighted by Gasteiger charge is -2.25. The van der Waals surface area contributed by atoms with Crippen LogP contribution in [0.15, 0.2) is 60.7 Å². The molecule has 0 saturated heterocycles. The molecule has 3 heteroatoms. The number of methoxy groups -OCH3 is 1. The van der Waals surface area contributed by atoms with Gasteiger partial charge >= 0.3 is 5.97 Å². The average molecular weight is 309 g/mol. The zero-order chi connectivity index (χ0) is 16.1. The van der Waals surface area contributed by atoms with Gasteiger partial charge in [-0.05, 0) is 24.0 Å². The van der Waals surface area contributed by atoms with Crippen LogP contribution in [0.2, 0.25) is 0 Å². The molecule has 0 amide bonds. The van der Waals surface area contributed by atoms with Gasteiger partial charge in [-0.3, -0.25) is 4.79 Å². The van der Waals surface area contributed by atoms with Gasteiger partial charge in [0, 0.05) is 18.5 Å². The second kappa shape index (κ2) is 7.42. The lowest BCUT2D eigenvalue weighted by molar-refractivity contribution is -0.145. The highest BCUT2D eigenvalue weighted by Gasteiger charge is 2.41. The molecule has 1 fully saturated rings. The number of esters is 1. The van der Waals surface area contributed by atoms with E-state index in [0.717, 1.165) is 19.4 Å². The molecule has 3 atom stereocenters. The lowest BCUT2D eigenvalue weighted by atomic mass is 9.86. The van der Waals surface area contributed by atoms with Gasteiger partial charge in [-0.1, -0.05) is 60.7 Å². The van der Waals surface area contributed by atoms with Crippen molar-refractivity contribution in [3.8, 4) is 0 Å². The van der Waals surface area contributed by atoms with Gasteiger partial charge in [0.25, 0.3) is 0 Å². The van der Waals surface area contributed by atoms with Crippen molar-refractivity contribution in [2.45, 2.75) is 31.3 Å². The summed E-state index contributed by atoms with van der Waals surface area (Å²) in [5, 5.41) is 3.65. The van der Waals surface area contributed by atoms with Crippen LogP contribution >= 0.6 is 0 Å². The summed E-state index contributed by atoms with van der Waals surface area (Å²) in [7, 11) is 1.48. The second-order valence-corrected chi connectivity index (χ2v) is 6.12. The van der Waals surface area contributed by atoms with Gasteiger partial charge in [0.1, 0.15) is 0 Å². The van der Waals surface area contributed by atoms with Crippen LogP contribution in [0.1, 0.15) is 29.9 Å². The normalized spacial score (nSPS) is 23.6. The third-order valence-corrected chi connectivity index (χ3v) is 4.76. The molecule has 0 heterocycles. The predicted molar refractivity (Wildman–Crippen MR) is 91.0 cm³/mol. The Bertz CT molecular complexity index is 627. The number of benzene rings is 2. The summed E-state index contributed by atoms with van der Waals surface area (Å²) >= 11 is 0. The minimum absolute atomic E-state index is 0.0596. The Balaban J connectivity index is 1.77. The van der Waals surface area contributed by atoms with E-state index in [2.05, 4.69) is 41.7 Å². The molecule has 0 radical (unpaired) electrons. The molecule has 2 aromatic rings. The number of hydrogen-bond acceptors (Lipinski definition) is 3. The first-order valence-corrected chi connectivity index (χ1v) is 8.19. The van der Waals surface area contributed by atoms with Gasteiger partial charge in [-0.2, -0.15) is 0 Å². The van der Waals surface area contributed by atoms with Gasteiger partial charge in [-0.25, -0.2) is 0 Å². The van der Waals surface area contributed by atoms with E-state index in [9.17, 15) is 4.79 Å². The predicted octanol–water partition coefficient (Wildman–Crippen LogP) is 3.51. The first-order valence-electron chi connectivity index (χ1n) is 8.19. The molecule has 2 aromatic carbocycles. The van der Waals surface area contributed by atoms with Crippen LogP contribution in [-0.2, 0) is 16.1 Å². The van der Waals surface area contributed by atoms with Crippen LogP contribution in [0.5, 0.6) is 0 Å². The van der Waals surface area contributed by atoms with Crippen molar-refractivity contribution in [3.63, 3.8) is 0 Å². The number of hydrogen-bond donors (Lipinski definition) is 1. The molecule has 3 unspecified atom stereocenters. The average Bonchev–Trinajstić information content (AvgIpc) is 3.05. The number of carbonyl (C=O) groups excluding carboxylic acids is 1. The zero-order valence-electron chi connectivity index (χ0n) is 13.4. The molecular weight excluding hydrogens is 286 g/mol. The molecule has 1 aliphatic rings. The number of rotatable bonds is 5. The largest absolute Gasteiger partial charge is 0.469 e. The molecular formula is C20H23NO2. The van der Waals surface area contributed by atoms with Crippen LogP contribution < -0.4 is 5.32 Å². The van der Waals surface area contributed by atoms with Gasteiger partial charge in [-0.15, -0.1) is 0 Å². The molecule has 0 aliphatic heterocycles. The van der Waals surface area contributed by atoms with E-state index in [0.29, 0.717) is 6.04 Å². The number of nitrogens with one attached hydrogen (secondary N) is 1. The van der Waals surface area contributed by atoms with E-state index < -0.39 is 0 Å². The Morgan fingerprint density at radius 1 is 1.04 bits per heavy atom. The summed E-state index contributed by atoms with van der Waals surface area (Å²) in [5.41, 5.74) is 2.48. The van der Waals surface area contributed by atoms with Gasteiger partial charge in [0.15, 0.2) is 0 Å². The maximum atomic E-state index is 12.2. The van der Waals surface area contributed by atoms with Crippen molar-refractivity contribution in [2.24, 2.45) is 5.92 Å². The highest BCUT2D eigenvalue weighted by Crippen LogP contribution is 2.40. The summed E-state index contributed by atoms with van der Waals surface area (Å²) in [6.45, 7) is 0.822. The molecule has 1 N–H and O–H groups in total. The summed E-state index contributed by atoms with van der Waals surface area (Å²) in [6, 6.07) is 21.0. The van der Waals surface area contributed by atoms with Crippen LogP contribution in [0, 0.1) is 5.92 Å². The van der Waals surface area contributed by atoms with Crippen molar-refractivity contribution in [3.05, 3.63) is 71.8 Å². The first-order chi connectivity index (χ1) is 11.3. The highest BCUT2D eigenvalue weighted by atomic mass is 16.5. The number of ether oxygens (including phenoxy) is 1. The fraction of sp³-hybridized carbons (Fsp3) is 0.350. The minimum Gasteiger partial charge on any atom is -0.469 e. The van der Waals surface area contributed by atoms with E-state index in [4.69, 9.17) is 4.74 Å². The number of carbonyl (C=O) groups is 1. The fourth-order valence-corrected chi connectivity index (χ4v) is 3.63. The van der Waals surface area contributed by atoms with Crippen molar-refractivity contribution in [2.75, 3.05) is 7.11 Å². The molecule has 23 heavy (non-hydrogen) atoms.